The van der Waals surface area contributed by atoms with Crippen LogP contribution in [0.2, 0.25) is 0 Å². The molecule has 130 valence electrons. The normalized spacial score (nSPS) is 15.5. The van der Waals surface area contributed by atoms with Gasteiger partial charge >= 0.3 is 0 Å². The van der Waals surface area contributed by atoms with E-state index in [4.69, 9.17) is 0 Å². The number of hydrogen-bond acceptors (Lipinski definition) is 4. The Balaban J connectivity index is 1.61. The van der Waals surface area contributed by atoms with Crippen molar-refractivity contribution in [3.8, 4) is 11.5 Å². The fraction of sp³-hybridized carbons (Fsp3) is 0.263. The number of aromatic amines is 1. The molecule has 1 saturated carbocycles. The molecule has 0 bridgehead atoms. The van der Waals surface area contributed by atoms with Crippen molar-refractivity contribution in [2.24, 2.45) is 0 Å². The Hall–Kier alpha value is -3.09. The van der Waals surface area contributed by atoms with Gasteiger partial charge in [0.2, 0.25) is 5.82 Å². The lowest BCUT2D eigenvalue weighted by Crippen LogP contribution is -2.04. The zero-order valence-electron chi connectivity index (χ0n) is 14.3. The van der Waals surface area contributed by atoms with Crippen LogP contribution in [-0.4, -0.2) is 29.9 Å². The molecule has 5 rings (SSSR count). The quantitative estimate of drug-likeness (QED) is 0.613. The first-order valence-corrected chi connectivity index (χ1v) is 8.62. The van der Waals surface area contributed by atoms with Crippen LogP contribution in [0.5, 0.6) is 0 Å². The average molecular weight is 348 g/mol. The van der Waals surface area contributed by atoms with Crippen molar-refractivity contribution in [1.82, 2.24) is 29.9 Å². The van der Waals surface area contributed by atoms with E-state index in [0.29, 0.717) is 29.3 Å². The molecular weight excluding hydrogens is 331 g/mol. The third-order valence-electron chi connectivity index (χ3n) is 5.05. The number of pyridine rings is 1. The SMILES string of the molecule is CC1(c2nc(-c3nn(Cc4ccccc4F)c4ncccc34)n[nH]2)CC1. The van der Waals surface area contributed by atoms with Crippen molar-refractivity contribution >= 4 is 11.0 Å². The Morgan fingerprint density at radius 3 is 2.85 bits per heavy atom. The molecule has 3 heterocycles. The van der Waals surface area contributed by atoms with E-state index in [2.05, 4.69) is 32.2 Å². The second-order valence-corrected chi connectivity index (χ2v) is 7.04. The van der Waals surface area contributed by atoms with Crippen molar-refractivity contribution < 1.29 is 4.39 Å². The maximum atomic E-state index is 14.1. The summed E-state index contributed by atoms with van der Waals surface area (Å²) in [5.74, 6) is 1.20. The van der Waals surface area contributed by atoms with Gasteiger partial charge in [-0.1, -0.05) is 25.1 Å². The van der Waals surface area contributed by atoms with E-state index in [1.165, 1.54) is 6.07 Å². The number of benzene rings is 1. The summed E-state index contributed by atoms with van der Waals surface area (Å²) in [6, 6.07) is 10.5. The van der Waals surface area contributed by atoms with Crippen molar-refractivity contribution in [3.05, 3.63) is 59.8 Å². The first-order valence-electron chi connectivity index (χ1n) is 8.62. The summed E-state index contributed by atoms with van der Waals surface area (Å²) in [6.07, 6.45) is 3.94. The lowest BCUT2D eigenvalue weighted by molar-refractivity contribution is 0.589. The van der Waals surface area contributed by atoms with Gasteiger partial charge < -0.3 is 0 Å². The average Bonchev–Trinajstić information content (AvgIpc) is 3.09. The highest BCUT2D eigenvalue weighted by Gasteiger charge is 2.42. The highest BCUT2D eigenvalue weighted by atomic mass is 19.1. The van der Waals surface area contributed by atoms with Crippen LogP contribution in [0, 0.1) is 5.82 Å². The van der Waals surface area contributed by atoms with Gasteiger partial charge in [0.1, 0.15) is 17.3 Å². The van der Waals surface area contributed by atoms with Crippen LogP contribution in [0.25, 0.3) is 22.6 Å². The summed E-state index contributed by atoms with van der Waals surface area (Å²) >= 11 is 0. The maximum Gasteiger partial charge on any atom is 0.202 e. The van der Waals surface area contributed by atoms with Crippen LogP contribution >= 0.6 is 0 Å². The molecule has 0 unspecified atom stereocenters. The van der Waals surface area contributed by atoms with Crippen LogP contribution in [0.3, 0.4) is 0 Å². The number of fused-ring (bicyclic) bond motifs is 1. The van der Waals surface area contributed by atoms with Gasteiger partial charge in [0, 0.05) is 17.2 Å². The molecule has 0 radical (unpaired) electrons. The molecule has 1 aliphatic rings. The Morgan fingerprint density at radius 1 is 1.19 bits per heavy atom. The third kappa shape index (κ3) is 2.39. The summed E-state index contributed by atoms with van der Waals surface area (Å²) in [7, 11) is 0. The minimum atomic E-state index is -0.254. The zero-order valence-corrected chi connectivity index (χ0v) is 14.3. The number of nitrogens with zero attached hydrogens (tertiary/aromatic N) is 5. The molecule has 0 amide bonds. The topological polar surface area (TPSA) is 72.3 Å². The Labute approximate surface area is 149 Å². The number of H-pyrrole nitrogens is 1. The lowest BCUT2D eigenvalue weighted by atomic mass is 10.1. The standard InChI is InChI=1S/C19H17FN6/c1-19(8-9-19)18-22-16(23-24-18)15-13-6-4-10-21-17(13)26(25-15)11-12-5-2-3-7-14(12)20/h2-7,10H,8-9,11H2,1H3,(H,22,23,24). The molecule has 1 N–H and O–H groups in total. The molecule has 1 fully saturated rings. The summed E-state index contributed by atoms with van der Waals surface area (Å²) in [5, 5.41) is 12.9. The van der Waals surface area contributed by atoms with E-state index in [1.807, 2.05) is 18.2 Å². The molecule has 3 aromatic heterocycles. The molecule has 0 spiro atoms. The van der Waals surface area contributed by atoms with E-state index in [-0.39, 0.29) is 11.2 Å². The van der Waals surface area contributed by atoms with Crippen molar-refractivity contribution in [2.45, 2.75) is 31.7 Å². The summed E-state index contributed by atoms with van der Waals surface area (Å²) < 4.78 is 15.8. The fourth-order valence-corrected chi connectivity index (χ4v) is 3.13. The Kier molecular flexibility index (Phi) is 3.19. The number of halogens is 1. The predicted octanol–water partition coefficient (Wildman–Crippen LogP) is 3.46. The minimum Gasteiger partial charge on any atom is -0.262 e. The molecule has 1 aromatic carbocycles. The summed E-state index contributed by atoms with van der Waals surface area (Å²) in [6.45, 7) is 2.48. The highest BCUT2D eigenvalue weighted by Crippen LogP contribution is 2.46. The van der Waals surface area contributed by atoms with Crippen LogP contribution < -0.4 is 0 Å². The minimum absolute atomic E-state index is 0.106. The zero-order chi connectivity index (χ0) is 17.7. The molecule has 4 aromatic rings. The van der Waals surface area contributed by atoms with Crippen molar-refractivity contribution in [3.63, 3.8) is 0 Å². The molecule has 0 atom stereocenters. The molecule has 6 nitrogen and oxygen atoms in total. The molecule has 1 aliphatic carbocycles. The third-order valence-corrected chi connectivity index (χ3v) is 5.05. The first-order chi connectivity index (χ1) is 12.6. The number of rotatable bonds is 4. The Bertz CT molecular complexity index is 1110. The van der Waals surface area contributed by atoms with Gasteiger partial charge in [-0.05, 0) is 31.0 Å². The highest BCUT2D eigenvalue weighted by molar-refractivity contribution is 5.89. The molecule has 7 heteroatoms. The fourth-order valence-electron chi connectivity index (χ4n) is 3.13. The van der Waals surface area contributed by atoms with E-state index in [9.17, 15) is 4.39 Å². The number of nitrogens with one attached hydrogen (secondary N) is 1. The predicted molar refractivity (Wildman–Crippen MR) is 95.0 cm³/mol. The molecule has 26 heavy (non-hydrogen) atoms. The van der Waals surface area contributed by atoms with Gasteiger partial charge in [0.15, 0.2) is 5.65 Å². The molecular formula is C19H17FN6. The monoisotopic (exact) mass is 348 g/mol. The van der Waals surface area contributed by atoms with Gasteiger partial charge in [-0.25, -0.2) is 19.0 Å². The first kappa shape index (κ1) is 15.2. The van der Waals surface area contributed by atoms with Gasteiger partial charge in [0.25, 0.3) is 0 Å². The van der Waals surface area contributed by atoms with Crippen LogP contribution in [0.1, 0.15) is 31.2 Å². The van der Waals surface area contributed by atoms with Crippen molar-refractivity contribution in [2.75, 3.05) is 0 Å². The van der Waals surface area contributed by atoms with Crippen LogP contribution in [-0.2, 0) is 12.0 Å². The smallest absolute Gasteiger partial charge is 0.202 e. The largest absolute Gasteiger partial charge is 0.262 e. The van der Waals surface area contributed by atoms with E-state index < -0.39 is 0 Å². The van der Waals surface area contributed by atoms with E-state index >= 15 is 0 Å². The molecule has 0 aliphatic heterocycles. The maximum absolute atomic E-state index is 14.1. The lowest BCUT2D eigenvalue weighted by Gasteiger charge is -2.04. The second-order valence-electron chi connectivity index (χ2n) is 7.04. The van der Waals surface area contributed by atoms with Gasteiger partial charge in [-0.15, -0.1) is 0 Å². The van der Waals surface area contributed by atoms with Gasteiger partial charge in [-0.2, -0.15) is 10.2 Å². The number of hydrogen-bond donors (Lipinski definition) is 1. The second kappa shape index (κ2) is 5.45. The molecule has 0 saturated heterocycles. The van der Waals surface area contributed by atoms with Crippen LogP contribution in [0.4, 0.5) is 4.39 Å². The summed E-state index contributed by atoms with van der Waals surface area (Å²) in [4.78, 5) is 9.09. The Morgan fingerprint density at radius 2 is 2.04 bits per heavy atom. The van der Waals surface area contributed by atoms with E-state index in [1.54, 1.807) is 23.0 Å². The van der Waals surface area contributed by atoms with Gasteiger partial charge in [-0.3, -0.25) is 5.10 Å². The van der Waals surface area contributed by atoms with Gasteiger partial charge in [0.05, 0.1) is 11.9 Å². The summed E-state index contributed by atoms with van der Waals surface area (Å²) in [5.41, 5.74) is 2.02. The van der Waals surface area contributed by atoms with Crippen molar-refractivity contribution in [1.29, 1.82) is 0 Å². The number of aromatic nitrogens is 6. The van der Waals surface area contributed by atoms with Crippen LogP contribution in [0.15, 0.2) is 42.6 Å². The van der Waals surface area contributed by atoms with E-state index in [0.717, 1.165) is 24.1 Å².